The Morgan fingerprint density at radius 2 is 1.95 bits per heavy atom. The number of carbonyl (C=O) groups excluding carboxylic acids is 1. The summed E-state index contributed by atoms with van der Waals surface area (Å²) in [6, 6.07) is 11.1. The quantitative estimate of drug-likeness (QED) is 0.656. The maximum atomic E-state index is 11.6. The van der Waals surface area contributed by atoms with Crippen molar-refractivity contribution in [2.75, 3.05) is 12.3 Å². The second-order valence-electron chi connectivity index (χ2n) is 4.21. The van der Waals surface area contributed by atoms with Gasteiger partial charge in [-0.15, -0.1) is 11.3 Å². The molecule has 2 N–H and O–H groups in total. The Morgan fingerprint density at radius 3 is 2.65 bits per heavy atom. The molecule has 0 fully saturated rings. The molecule has 20 heavy (non-hydrogen) atoms. The zero-order valence-electron chi connectivity index (χ0n) is 11.3. The first-order valence-electron chi connectivity index (χ1n) is 6.39. The van der Waals surface area contributed by atoms with Crippen molar-refractivity contribution < 1.29 is 14.3 Å². The molecule has 0 saturated heterocycles. The number of nitrogen functional groups attached to an aromatic ring is 1. The summed E-state index contributed by atoms with van der Waals surface area (Å²) in [6.45, 7) is 2.25. The topological polar surface area (TPSA) is 61.5 Å². The number of rotatable bonds is 6. The van der Waals surface area contributed by atoms with Gasteiger partial charge in [0.25, 0.3) is 0 Å². The highest BCUT2D eigenvalue weighted by Gasteiger charge is 2.07. The number of benzene rings is 1. The number of hydrogen-bond donors (Lipinski definition) is 1. The average Bonchev–Trinajstić information content (AvgIpc) is 2.92. The fourth-order valence-electron chi connectivity index (χ4n) is 1.63. The number of hydrogen-bond acceptors (Lipinski definition) is 5. The van der Waals surface area contributed by atoms with Gasteiger partial charge in [-0.1, -0.05) is 19.1 Å². The lowest BCUT2D eigenvalue weighted by molar-refractivity contribution is -0.147. The van der Waals surface area contributed by atoms with Gasteiger partial charge in [-0.3, -0.25) is 0 Å². The maximum Gasteiger partial charge on any atom is 0.344 e. The molecule has 1 aromatic carbocycles. The lowest BCUT2D eigenvalue weighted by Crippen LogP contribution is -2.15. The first-order chi connectivity index (χ1) is 9.69. The number of nitrogens with two attached hydrogens (primary N) is 1. The summed E-state index contributed by atoms with van der Waals surface area (Å²) in [4.78, 5) is 13.9. The molecule has 5 heteroatoms. The zero-order valence-corrected chi connectivity index (χ0v) is 12.1. The molecule has 0 radical (unpaired) electrons. The van der Waals surface area contributed by atoms with Crippen LogP contribution in [0.5, 0.6) is 5.75 Å². The fraction of sp³-hybridized carbons (Fsp3) is 0.267. The van der Waals surface area contributed by atoms with Gasteiger partial charge in [-0.2, -0.15) is 0 Å². The molecule has 0 aliphatic rings. The first-order valence-corrected chi connectivity index (χ1v) is 7.21. The monoisotopic (exact) mass is 291 g/mol. The van der Waals surface area contributed by atoms with E-state index in [2.05, 4.69) is 13.0 Å². The zero-order chi connectivity index (χ0) is 14.4. The minimum Gasteiger partial charge on any atom is -0.480 e. The van der Waals surface area contributed by atoms with Crippen LogP contribution in [0.3, 0.4) is 0 Å². The number of anilines is 1. The van der Waals surface area contributed by atoms with E-state index in [0.29, 0.717) is 11.4 Å². The summed E-state index contributed by atoms with van der Waals surface area (Å²) in [6.07, 6.45) is 0.995. The van der Waals surface area contributed by atoms with Gasteiger partial charge in [0.1, 0.15) is 12.4 Å². The maximum absolute atomic E-state index is 11.6. The van der Waals surface area contributed by atoms with Crippen LogP contribution in [0.1, 0.15) is 16.7 Å². The molecule has 2 aromatic rings. The molecular formula is C15H17NO3S. The number of para-hydroxylation sites is 2. The van der Waals surface area contributed by atoms with E-state index in [9.17, 15) is 4.79 Å². The molecule has 0 aliphatic heterocycles. The smallest absolute Gasteiger partial charge is 0.344 e. The van der Waals surface area contributed by atoms with Crippen molar-refractivity contribution in [3.8, 4) is 5.75 Å². The van der Waals surface area contributed by atoms with E-state index in [0.717, 1.165) is 11.3 Å². The third kappa shape index (κ3) is 3.99. The summed E-state index contributed by atoms with van der Waals surface area (Å²) in [7, 11) is 0. The van der Waals surface area contributed by atoms with Gasteiger partial charge in [0.15, 0.2) is 6.61 Å². The normalized spacial score (nSPS) is 10.2. The molecule has 2 rings (SSSR count). The lowest BCUT2D eigenvalue weighted by Gasteiger charge is -2.08. The number of ether oxygens (including phenoxy) is 2. The SMILES string of the molecule is CCc1ccc(COC(=O)COc2ccccc2N)s1. The Labute approximate surface area is 122 Å². The third-order valence-corrected chi connectivity index (χ3v) is 3.91. The van der Waals surface area contributed by atoms with Crippen molar-refractivity contribution in [2.45, 2.75) is 20.0 Å². The van der Waals surface area contributed by atoms with Gasteiger partial charge in [0.05, 0.1) is 5.69 Å². The van der Waals surface area contributed by atoms with Crippen LogP contribution in [0.2, 0.25) is 0 Å². The van der Waals surface area contributed by atoms with E-state index in [-0.39, 0.29) is 13.2 Å². The van der Waals surface area contributed by atoms with E-state index >= 15 is 0 Å². The fourth-order valence-corrected chi connectivity index (χ4v) is 2.50. The lowest BCUT2D eigenvalue weighted by atomic mass is 10.3. The van der Waals surface area contributed by atoms with Crippen LogP contribution < -0.4 is 10.5 Å². The third-order valence-electron chi connectivity index (χ3n) is 2.71. The van der Waals surface area contributed by atoms with Gasteiger partial charge in [-0.05, 0) is 30.7 Å². The molecule has 1 heterocycles. The minimum atomic E-state index is -0.403. The summed E-state index contributed by atoms with van der Waals surface area (Å²) in [5.74, 6) is 0.0912. The van der Waals surface area contributed by atoms with E-state index in [1.807, 2.05) is 12.1 Å². The largest absolute Gasteiger partial charge is 0.480 e. The van der Waals surface area contributed by atoms with Crippen LogP contribution in [0.15, 0.2) is 36.4 Å². The number of thiophene rings is 1. The van der Waals surface area contributed by atoms with Crippen molar-refractivity contribution in [1.29, 1.82) is 0 Å². The molecule has 0 atom stereocenters. The Bertz CT molecular complexity index is 580. The molecule has 0 aliphatic carbocycles. The highest BCUT2D eigenvalue weighted by Crippen LogP contribution is 2.20. The number of aryl methyl sites for hydroxylation is 1. The van der Waals surface area contributed by atoms with Gasteiger partial charge in [-0.25, -0.2) is 4.79 Å². The van der Waals surface area contributed by atoms with Gasteiger partial charge >= 0.3 is 5.97 Å². The van der Waals surface area contributed by atoms with Crippen LogP contribution in [0.4, 0.5) is 5.69 Å². The Morgan fingerprint density at radius 1 is 1.20 bits per heavy atom. The molecule has 0 amide bonds. The molecular weight excluding hydrogens is 274 g/mol. The predicted octanol–water partition coefficient (Wildman–Crippen LogP) is 3.01. The van der Waals surface area contributed by atoms with Crippen LogP contribution in [0, 0.1) is 0 Å². The molecule has 0 bridgehead atoms. The summed E-state index contributed by atoms with van der Waals surface area (Å²) in [5.41, 5.74) is 6.22. The number of carbonyl (C=O) groups is 1. The summed E-state index contributed by atoms with van der Waals surface area (Å²) in [5, 5.41) is 0. The van der Waals surface area contributed by atoms with Crippen molar-refractivity contribution in [3.05, 3.63) is 46.2 Å². The number of esters is 1. The first kappa shape index (κ1) is 14.4. The van der Waals surface area contributed by atoms with Crippen LogP contribution in [-0.4, -0.2) is 12.6 Å². The Kier molecular flexibility index (Phi) is 5.01. The van der Waals surface area contributed by atoms with Crippen LogP contribution in [-0.2, 0) is 22.6 Å². The second kappa shape index (κ2) is 6.96. The van der Waals surface area contributed by atoms with Crippen LogP contribution >= 0.6 is 11.3 Å². The average molecular weight is 291 g/mol. The van der Waals surface area contributed by atoms with Gasteiger partial charge in [0, 0.05) is 9.75 Å². The molecule has 0 saturated carbocycles. The van der Waals surface area contributed by atoms with Crippen molar-refractivity contribution >= 4 is 23.0 Å². The Hall–Kier alpha value is -2.01. The van der Waals surface area contributed by atoms with Gasteiger partial charge < -0.3 is 15.2 Å². The van der Waals surface area contributed by atoms with E-state index in [1.165, 1.54) is 4.88 Å². The minimum absolute atomic E-state index is 0.139. The van der Waals surface area contributed by atoms with Crippen molar-refractivity contribution in [1.82, 2.24) is 0 Å². The molecule has 0 unspecified atom stereocenters. The van der Waals surface area contributed by atoms with E-state index in [4.69, 9.17) is 15.2 Å². The predicted molar refractivity (Wildman–Crippen MR) is 79.8 cm³/mol. The van der Waals surface area contributed by atoms with Gasteiger partial charge in [0.2, 0.25) is 0 Å². The van der Waals surface area contributed by atoms with Crippen LogP contribution in [0.25, 0.3) is 0 Å². The standard InChI is InChI=1S/C15H17NO3S/c1-2-11-7-8-12(20-11)9-19-15(17)10-18-14-6-4-3-5-13(14)16/h3-8H,2,9-10,16H2,1H3. The van der Waals surface area contributed by atoms with Crippen molar-refractivity contribution in [2.24, 2.45) is 0 Å². The Balaban J connectivity index is 1.77. The highest BCUT2D eigenvalue weighted by molar-refractivity contribution is 7.11. The summed E-state index contributed by atoms with van der Waals surface area (Å²) < 4.78 is 10.5. The van der Waals surface area contributed by atoms with Crippen molar-refractivity contribution in [3.63, 3.8) is 0 Å². The second-order valence-corrected chi connectivity index (χ2v) is 5.46. The summed E-state index contributed by atoms with van der Waals surface area (Å²) >= 11 is 1.65. The molecule has 4 nitrogen and oxygen atoms in total. The molecule has 0 spiro atoms. The molecule has 106 valence electrons. The molecule has 1 aromatic heterocycles. The van der Waals surface area contributed by atoms with E-state index < -0.39 is 5.97 Å². The highest BCUT2D eigenvalue weighted by atomic mass is 32.1. The van der Waals surface area contributed by atoms with E-state index in [1.54, 1.807) is 29.5 Å².